The molecule has 1 atom stereocenters. The standard InChI is InChI=1S/C13H22N4O2/c1-13(2,3)19-12(18)11-9-17(16-15-11)10-5-4-7-14-8-6-10/h9-10,14H,4-8H2,1-3H3. The van der Waals surface area contributed by atoms with E-state index < -0.39 is 11.6 Å². The van der Waals surface area contributed by atoms with E-state index in [9.17, 15) is 4.79 Å². The lowest BCUT2D eigenvalue weighted by Gasteiger charge is -2.18. The van der Waals surface area contributed by atoms with Crippen molar-refractivity contribution >= 4 is 5.97 Å². The van der Waals surface area contributed by atoms with Gasteiger partial charge >= 0.3 is 5.97 Å². The summed E-state index contributed by atoms with van der Waals surface area (Å²) in [6, 6.07) is 0.318. The molecule has 1 unspecified atom stereocenters. The summed E-state index contributed by atoms with van der Waals surface area (Å²) in [5.41, 5.74) is -0.222. The van der Waals surface area contributed by atoms with Crippen molar-refractivity contribution in [1.82, 2.24) is 20.3 Å². The molecule has 106 valence electrons. The lowest BCUT2D eigenvalue weighted by Crippen LogP contribution is -2.24. The van der Waals surface area contributed by atoms with Crippen molar-refractivity contribution in [2.24, 2.45) is 0 Å². The largest absolute Gasteiger partial charge is 0.455 e. The zero-order valence-electron chi connectivity index (χ0n) is 11.8. The molecule has 0 spiro atoms. The van der Waals surface area contributed by atoms with Crippen molar-refractivity contribution < 1.29 is 9.53 Å². The minimum Gasteiger partial charge on any atom is -0.455 e. The lowest BCUT2D eigenvalue weighted by atomic mass is 10.1. The van der Waals surface area contributed by atoms with Crippen LogP contribution in [-0.4, -0.2) is 39.7 Å². The summed E-state index contributed by atoms with van der Waals surface area (Å²) in [4.78, 5) is 11.9. The van der Waals surface area contributed by atoms with Crippen LogP contribution in [0.2, 0.25) is 0 Å². The molecule has 0 radical (unpaired) electrons. The van der Waals surface area contributed by atoms with Gasteiger partial charge in [0.1, 0.15) is 5.60 Å². The molecule has 2 rings (SSSR count). The predicted octanol–water partition coefficient (Wildman–Crippen LogP) is 1.55. The van der Waals surface area contributed by atoms with Crippen LogP contribution in [0, 0.1) is 0 Å². The van der Waals surface area contributed by atoms with Gasteiger partial charge in [0.05, 0.1) is 12.2 Å². The summed E-state index contributed by atoms with van der Waals surface area (Å²) in [5.74, 6) is -0.412. The first kappa shape index (κ1) is 14.0. The van der Waals surface area contributed by atoms with Gasteiger partial charge in [0.25, 0.3) is 0 Å². The molecule has 1 aliphatic heterocycles. The second kappa shape index (κ2) is 5.69. The topological polar surface area (TPSA) is 69.0 Å². The van der Waals surface area contributed by atoms with Gasteiger partial charge in [0, 0.05) is 0 Å². The van der Waals surface area contributed by atoms with E-state index in [4.69, 9.17) is 4.74 Å². The zero-order chi connectivity index (χ0) is 13.9. The Morgan fingerprint density at radius 2 is 2.21 bits per heavy atom. The molecule has 6 heteroatoms. The highest BCUT2D eigenvalue weighted by Crippen LogP contribution is 2.19. The van der Waals surface area contributed by atoms with Gasteiger partial charge in [-0.15, -0.1) is 5.10 Å². The Labute approximate surface area is 113 Å². The molecule has 1 aromatic heterocycles. The summed E-state index contributed by atoms with van der Waals surface area (Å²) in [6.07, 6.45) is 4.89. The van der Waals surface area contributed by atoms with Gasteiger partial charge in [0.2, 0.25) is 0 Å². The van der Waals surface area contributed by atoms with E-state index >= 15 is 0 Å². The first-order valence-corrected chi connectivity index (χ1v) is 6.81. The highest BCUT2D eigenvalue weighted by molar-refractivity contribution is 5.87. The number of nitrogens with one attached hydrogen (secondary N) is 1. The second-order valence-electron chi connectivity index (χ2n) is 5.92. The third kappa shape index (κ3) is 4.02. The molecule has 19 heavy (non-hydrogen) atoms. The smallest absolute Gasteiger partial charge is 0.361 e. The molecule has 0 aromatic carbocycles. The molecule has 1 N–H and O–H groups in total. The van der Waals surface area contributed by atoms with E-state index in [1.54, 1.807) is 10.9 Å². The summed E-state index contributed by atoms with van der Waals surface area (Å²) >= 11 is 0. The van der Waals surface area contributed by atoms with E-state index in [-0.39, 0.29) is 5.69 Å². The molecule has 6 nitrogen and oxygen atoms in total. The minimum absolute atomic E-state index is 0.284. The number of carbonyl (C=O) groups is 1. The Balaban J connectivity index is 2.03. The van der Waals surface area contributed by atoms with E-state index in [1.807, 2.05) is 20.8 Å². The van der Waals surface area contributed by atoms with E-state index in [2.05, 4.69) is 15.6 Å². The average molecular weight is 266 g/mol. The van der Waals surface area contributed by atoms with Gasteiger partial charge in [-0.1, -0.05) is 5.21 Å². The van der Waals surface area contributed by atoms with E-state index in [0.717, 1.165) is 32.4 Å². The van der Waals surface area contributed by atoms with Crippen molar-refractivity contribution in [1.29, 1.82) is 0 Å². The zero-order valence-corrected chi connectivity index (χ0v) is 11.8. The van der Waals surface area contributed by atoms with E-state index in [1.165, 1.54) is 0 Å². The fraction of sp³-hybridized carbons (Fsp3) is 0.769. The number of rotatable bonds is 2. The van der Waals surface area contributed by atoms with Crippen molar-refractivity contribution in [3.8, 4) is 0 Å². The van der Waals surface area contributed by atoms with Crippen LogP contribution in [-0.2, 0) is 4.74 Å². The van der Waals surface area contributed by atoms with Gasteiger partial charge in [-0.05, 0) is 53.1 Å². The SMILES string of the molecule is CC(C)(C)OC(=O)c1cn(C2CCCNCC2)nn1. The van der Waals surface area contributed by atoms with Crippen LogP contribution in [0.25, 0.3) is 0 Å². The van der Waals surface area contributed by atoms with Crippen LogP contribution in [0.4, 0.5) is 0 Å². The number of aromatic nitrogens is 3. The molecule has 0 bridgehead atoms. The van der Waals surface area contributed by atoms with Gasteiger partial charge in [-0.3, -0.25) is 0 Å². The monoisotopic (exact) mass is 266 g/mol. The Bertz CT molecular complexity index is 428. The highest BCUT2D eigenvalue weighted by atomic mass is 16.6. The minimum atomic E-state index is -0.507. The van der Waals surface area contributed by atoms with Crippen molar-refractivity contribution in [3.63, 3.8) is 0 Å². The normalized spacial score (nSPS) is 20.9. The maximum atomic E-state index is 11.9. The number of hydrogen-bond donors (Lipinski definition) is 1. The molecular formula is C13H22N4O2. The maximum absolute atomic E-state index is 11.9. The molecule has 1 saturated heterocycles. The van der Waals surface area contributed by atoms with Crippen LogP contribution >= 0.6 is 0 Å². The average Bonchev–Trinajstić information content (AvgIpc) is 2.64. The molecule has 0 aliphatic carbocycles. The molecule has 0 saturated carbocycles. The molecule has 1 aliphatic rings. The van der Waals surface area contributed by atoms with Crippen LogP contribution in [0.5, 0.6) is 0 Å². The quantitative estimate of drug-likeness (QED) is 0.822. The van der Waals surface area contributed by atoms with Crippen molar-refractivity contribution in [3.05, 3.63) is 11.9 Å². The van der Waals surface area contributed by atoms with E-state index in [0.29, 0.717) is 6.04 Å². The number of esters is 1. The van der Waals surface area contributed by atoms with Crippen LogP contribution in [0.3, 0.4) is 0 Å². The highest BCUT2D eigenvalue weighted by Gasteiger charge is 2.22. The summed E-state index contributed by atoms with van der Waals surface area (Å²) in [7, 11) is 0. The van der Waals surface area contributed by atoms with Crippen LogP contribution in [0.1, 0.15) is 56.6 Å². The van der Waals surface area contributed by atoms with Gasteiger partial charge < -0.3 is 10.1 Å². The summed E-state index contributed by atoms with van der Waals surface area (Å²) in [6.45, 7) is 7.54. The number of ether oxygens (including phenoxy) is 1. The number of nitrogens with zero attached hydrogens (tertiary/aromatic N) is 3. The fourth-order valence-electron chi connectivity index (χ4n) is 2.14. The molecule has 2 heterocycles. The van der Waals surface area contributed by atoms with Gasteiger partial charge in [-0.25, -0.2) is 9.48 Å². The van der Waals surface area contributed by atoms with Crippen LogP contribution in [0.15, 0.2) is 6.20 Å². The first-order valence-electron chi connectivity index (χ1n) is 6.81. The Morgan fingerprint density at radius 1 is 1.42 bits per heavy atom. The second-order valence-corrected chi connectivity index (χ2v) is 5.92. The van der Waals surface area contributed by atoms with Crippen molar-refractivity contribution in [2.45, 2.75) is 51.7 Å². The Kier molecular flexibility index (Phi) is 4.19. The van der Waals surface area contributed by atoms with Gasteiger partial charge in [0.15, 0.2) is 5.69 Å². The summed E-state index contributed by atoms with van der Waals surface area (Å²) < 4.78 is 7.08. The third-order valence-corrected chi connectivity index (χ3v) is 3.04. The van der Waals surface area contributed by atoms with Gasteiger partial charge in [-0.2, -0.15) is 0 Å². The predicted molar refractivity (Wildman–Crippen MR) is 70.9 cm³/mol. The first-order chi connectivity index (χ1) is 8.96. The molecule has 0 amide bonds. The maximum Gasteiger partial charge on any atom is 0.361 e. The van der Waals surface area contributed by atoms with Crippen LogP contribution < -0.4 is 5.32 Å². The molecule has 1 aromatic rings. The van der Waals surface area contributed by atoms with Crippen molar-refractivity contribution in [2.75, 3.05) is 13.1 Å². The summed E-state index contributed by atoms with van der Waals surface area (Å²) in [5, 5.41) is 11.3. The Morgan fingerprint density at radius 3 is 2.95 bits per heavy atom. The Hall–Kier alpha value is -1.43. The number of hydrogen-bond acceptors (Lipinski definition) is 5. The molecule has 1 fully saturated rings. The lowest BCUT2D eigenvalue weighted by molar-refractivity contribution is 0.00627. The molecular weight excluding hydrogens is 244 g/mol. The third-order valence-electron chi connectivity index (χ3n) is 3.04. The number of carbonyl (C=O) groups excluding carboxylic acids is 1. The fourth-order valence-corrected chi connectivity index (χ4v) is 2.14.